The second-order valence-corrected chi connectivity index (χ2v) is 5.81. The van der Waals surface area contributed by atoms with Crippen LogP contribution in [0.25, 0.3) is 6.08 Å². The molecule has 1 aromatic rings. The Bertz CT molecular complexity index is 732. The minimum atomic E-state index is -0.965. The standard InChI is InChI=1S/C17H15NO5S/c1-4-9-23-13-7-5-12(6-8-13)10-14-15(19)18(17(21)24-14)11(2)16(20)22-3/h1,5-8,10-11H,9H2,2-3H3/b14-10-/t11-/m0/s1. The molecule has 1 aliphatic rings. The summed E-state index contributed by atoms with van der Waals surface area (Å²) >= 11 is 0.784. The number of terminal acetylenes is 1. The van der Waals surface area contributed by atoms with Gasteiger partial charge in [0.2, 0.25) is 0 Å². The van der Waals surface area contributed by atoms with E-state index in [9.17, 15) is 14.4 Å². The molecular weight excluding hydrogens is 330 g/mol. The molecule has 1 atom stereocenters. The average molecular weight is 345 g/mol. The van der Waals surface area contributed by atoms with Crippen molar-refractivity contribution in [1.29, 1.82) is 0 Å². The third-order valence-corrected chi connectivity index (χ3v) is 4.14. The molecule has 2 rings (SSSR count). The summed E-state index contributed by atoms with van der Waals surface area (Å²) in [6.45, 7) is 1.62. The van der Waals surface area contributed by atoms with Gasteiger partial charge in [-0.2, -0.15) is 0 Å². The molecule has 1 aromatic carbocycles. The van der Waals surface area contributed by atoms with E-state index in [0.717, 1.165) is 22.2 Å². The van der Waals surface area contributed by atoms with Crippen molar-refractivity contribution in [2.24, 2.45) is 0 Å². The van der Waals surface area contributed by atoms with E-state index >= 15 is 0 Å². The van der Waals surface area contributed by atoms with E-state index in [2.05, 4.69) is 10.7 Å². The van der Waals surface area contributed by atoms with Gasteiger partial charge in [0.05, 0.1) is 12.0 Å². The van der Waals surface area contributed by atoms with Gasteiger partial charge in [-0.15, -0.1) is 6.42 Å². The molecule has 0 unspecified atom stereocenters. The number of benzene rings is 1. The first-order chi connectivity index (χ1) is 11.5. The Morgan fingerprint density at radius 3 is 2.62 bits per heavy atom. The molecule has 0 spiro atoms. The Balaban J connectivity index is 2.16. The Morgan fingerprint density at radius 2 is 2.04 bits per heavy atom. The second kappa shape index (κ2) is 7.70. The number of thioether (sulfide) groups is 1. The van der Waals surface area contributed by atoms with Crippen molar-refractivity contribution in [1.82, 2.24) is 4.90 Å². The Labute approximate surface area is 143 Å². The average Bonchev–Trinajstić information content (AvgIpc) is 2.86. The number of carbonyl (C=O) groups is 3. The van der Waals surface area contributed by atoms with Gasteiger partial charge in [0.25, 0.3) is 11.1 Å². The molecule has 0 saturated carbocycles. The van der Waals surface area contributed by atoms with Crippen LogP contribution >= 0.6 is 11.8 Å². The normalized spacial score (nSPS) is 16.9. The van der Waals surface area contributed by atoms with Gasteiger partial charge in [-0.25, -0.2) is 4.79 Å². The topological polar surface area (TPSA) is 72.9 Å². The van der Waals surface area contributed by atoms with Crippen LogP contribution in [0.3, 0.4) is 0 Å². The van der Waals surface area contributed by atoms with Gasteiger partial charge in [0.1, 0.15) is 18.4 Å². The number of carbonyl (C=O) groups excluding carboxylic acids is 3. The molecule has 7 heteroatoms. The smallest absolute Gasteiger partial charge is 0.328 e. The van der Waals surface area contributed by atoms with Gasteiger partial charge in [-0.1, -0.05) is 18.1 Å². The fourth-order valence-electron chi connectivity index (χ4n) is 2.03. The van der Waals surface area contributed by atoms with Gasteiger partial charge in [0, 0.05) is 0 Å². The van der Waals surface area contributed by atoms with Crippen LogP contribution in [0, 0.1) is 12.3 Å². The molecule has 2 amide bonds. The number of hydrogen-bond donors (Lipinski definition) is 0. The first kappa shape index (κ1) is 17.6. The summed E-state index contributed by atoms with van der Waals surface area (Å²) in [7, 11) is 1.21. The van der Waals surface area contributed by atoms with E-state index in [1.807, 2.05) is 0 Å². The highest BCUT2D eigenvalue weighted by Crippen LogP contribution is 2.34. The van der Waals surface area contributed by atoms with Crippen LogP contribution in [-0.2, 0) is 14.3 Å². The van der Waals surface area contributed by atoms with Crippen LogP contribution in [0.4, 0.5) is 4.79 Å². The lowest BCUT2D eigenvalue weighted by Crippen LogP contribution is -2.42. The monoisotopic (exact) mass is 345 g/mol. The van der Waals surface area contributed by atoms with Crippen LogP contribution in [0.2, 0.25) is 0 Å². The lowest BCUT2D eigenvalue weighted by Gasteiger charge is -2.18. The molecular formula is C17H15NO5S. The summed E-state index contributed by atoms with van der Waals surface area (Å²) in [5.74, 6) is 1.81. The van der Waals surface area contributed by atoms with Gasteiger partial charge in [-0.05, 0) is 42.5 Å². The SMILES string of the molecule is C#CCOc1ccc(/C=C2\SC(=O)N([C@@H](C)C(=O)OC)C2=O)cc1. The van der Waals surface area contributed by atoms with E-state index in [0.29, 0.717) is 5.75 Å². The number of amides is 2. The quantitative estimate of drug-likeness (QED) is 0.463. The first-order valence-electron chi connectivity index (χ1n) is 6.99. The summed E-state index contributed by atoms with van der Waals surface area (Å²) in [6.07, 6.45) is 6.70. The molecule has 0 N–H and O–H groups in total. The molecule has 1 heterocycles. The second-order valence-electron chi connectivity index (χ2n) is 4.81. The van der Waals surface area contributed by atoms with E-state index < -0.39 is 23.2 Å². The van der Waals surface area contributed by atoms with E-state index in [-0.39, 0.29) is 11.5 Å². The van der Waals surface area contributed by atoms with E-state index in [4.69, 9.17) is 11.2 Å². The largest absolute Gasteiger partial charge is 0.481 e. The maximum absolute atomic E-state index is 12.4. The zero-order chi connectivity index (χ0) is 17.7. The van der Waals surface area contributed by atoms with Crippen LogP contribution in [0.15, 0.2) is 29.2 Å². The fourth-order valence-corrected chi connectivity index (χ4v) is 2.93. The number of methoxy groups -OCH3 is 1. The minimum Gasteiger partial charge on any atom is -0.481 e. The highest BCUT2D eigenvalue weighted by Gasteiger charge is 2.41. The maximum atomic E-state index is 12.4. The summed E-state index contributed by atoms with van der Waals surface area (Å²) in [6, 6.07) is 5.94. The molecule has 0 aliphatic carbocycles. The number of esters is 1. The summed E-state index contributed by atoms with van der Waals surface area (Å²) < 4.78 is 9.84. The van der Waals surface area contributed by atoms with Crippen molar-refractivity contribution in [3.8, 4) is 18.1 Å². The predicted molar refractivity (Wildman–Crippen MR) is 90.1 cm³/mol. The molecule has 0 aromatic heterocycles. The highest BCUT2D eigenvalue weighted by molar-refractivity contribution is 8.18. The van der Waals surface area contributed by atoms with Gasteiger partial charge in [0.15, 0.2) is 0 Å². The minimum absolute atomic E-state index is 0.170. The van der Waals surface area contributed by atoms with E-state index in [1.165, 1.54) is 14.0 Å². The van der Waals surface area contributed by atoms with Crippen molar-refractivity contribution in [3.05, 3.63) is 34.7 Å². The first-order valence-corrected chi connectivity index (χ1v) is 7.80. The molecule has 1 saturated heterocycles. The van der Waals surface area contributed by atoms with Gasteiger partial charge >= 0.3 is 5.97 Å². The number of imide groups is 1. The number of nitrogens with zero attached hydrogens (tertiary/aromatic N) is 1. The zero-order valence-electron chi connectivity index (χ0n) is 13.1. The summed E-state index contributed by atoms with van der Waals surface area (Å²) in [4.78, 5) is 37.0. The van der Waals surface area contributed by atoms with Crippen molar-refractivity contribution < 1.29 is 23.9 Å². The molecule has 0 bridgehead atoms. The number of hydrogen-bond acceptors (Lipinski definition) is 6. The van der Waals surface area contributed by atoms with Crippen molar-refractivity contribution >= 4 is 35.0 Å². The maximum Gasteiger partial charge on any atom is 0.328 e. The summed E-state index contributed by atoms with van der Waals surface area (Å²) in [5.41, 5.74) is 0.722. The zero-order valence-corrected chi connectivity index (χ0v) is 14.0. The van der Waals surface area contributed by atoms with E-state index in [1.54, 1.807) is 30.3 Å². The van der Waals surface area contributed by atoms with Crippen LogP contribution in [0.5, 0.6) is 5.75 Å². The number of rotatable bonds is 5. The lowest BCUT2D eigenvalue weighted by atomic mass is 10.2. The Hall–Kier alpha value is -2.72. The molecule has 1 fully saturated rings. The Kier molecular flexibility index (Phi) is 5.66. The molecule has 0 radical (unpaired) electrons. The molecule has 124 valence electrons. The van der Waals surface area contributed by atoms with Crippen LogP contribution in [0.1, 0.15) is 12.5 Å². The third kappa shape index (κ3) is 3.78. The van der Waals surface area contributed by atoms with Crippen molar-refractivity contribution in [3.63, 3.8) is 0 Å². The predicted octanol–water partition coefficient (Wildman–Crippen LogP) is 2.30. The van der Waals surface area contributed by atoms with Gasteiger partial charge < -0.3 is 9.47 Å². The van der Waals surface area contributed by atoms with Crippen molar-refractivity contribution in [2.75, 3.05) is 13.7 Å². The van der Waals surface area contributed by atoms with Crippen molar-refractivity contribution in [2.45, 2.75) is 13.0 Å². The molecule has 24 heavy (non-hydrogen) atoms. The van der Waals surface area contributed by atoms with Gasteiger partial charge in [-0.3, -0.25) is 14.5 Å². The lowest BCUT2D eigenvalue weighted by molar-refractivity contribution is -0.148. The van der Waals surface area contributed by atoms with Crippen LogP contribution in [-0.4, -0.2) is 41.8 Å². The van der Waals surface area contributed by atoms with Crippen LogP contribution < -0.4 is 4.74 Å². The fraction of sp³-hybridized carbons (Fsp3) is 0.235. The third-order valence-electron chi connectivity index (χ3n) is 3.25. The molecule has 1 aliphatic heterocycles. The summed E-state index contributed by atoms with van der Waals surface area (Å²) in [5, 5.41) is -0.502. The number of ether oxygens (including phenoxy) is 2. The Morgan fingerprint density at radius 1 is 1.38 bits per heavy atom. The molecule has 6 nitrogen and oxygen atoms in total. The highest BCUT2D eigenvalue weighted by atomic mass is 32.2.